The third kappa shape index (κ3) is 6.10. The topological polar surface area (TPSA) is 99.2 Å². The van der Waals surface area contributed by atoms with E-state index in [0.29, 0.717) is 26.9 Å². The number of carbonyl (C=O) groups is 2. The predicted molar refractivity (Wildman–Crippen MR) is 146 cm³/mol. The number of thioether (sulfide) groups is 1. The lowest BCUT2D eigenvalue weighted by molar-refractivity contribution is -0.123. The molecule has 1 fully saturated rings. The number of imide groups is 1. The summed E-state index contributed by atoms with van der Waals surface area (Å²) in [7, 11) is -2.68. The Morgan fingerprint density at radius 1 is 0.974 bits per heavy atom. The monoisotopic (exact) mass is 593 g/mol. The van der Waals surface area contributed by atoms with E-state index >= 15 is 0 Å². The van der Waals surface area contributed by atoms with Crippen LogP contribution < -0.4 is 13.7 Å². The highest BCUT2D eigenvalue weighted by Crippen LogP contribution is 2.37. The first-order valence-corrected chi connectivity index (χ1v) is 14.1. The average Bonchev–Trinajstić information content (AvgIpc) is 3.15. The van der Waals surface area contributed by atoms with Gasteiger partial charge in [0.2, 0.25) is 0 Å². The molecule has 0 aromatic heterocycles. The Labute approximate surface area is 234 Å². The zero-order valence-electron chi connectivity index (χ0n) is 20.1. The van der Waals surface area contributed by atoms with E-state index in [2.05, 4.69) is 0 Å². The number of ether oxygens (including phenoxy) is 2. The van der Waals surface area contributed by atoms with E-state index < -0.39 is 21.3 Å². The fourth-order valence-corrected chi connectivity index (χ4v) is 5.78. The molecule has 3 aromatic rings. The van der Waals surface area contributed by atoms with E-state index in [0.717, 1.165) is 16.7 Å². The second-order valence-corrected chi connectivity index (χ2v) is 11.2. The Bertz CT molecular complexity index is 1500. The molecule has 1 heterocycles. The fraction of sp³-hybridized carbons (Fsp3) is 0.154. The minimum atomic E-state index is -4.16. The summed E-state index contributed by atoms with van der Waals surface area (Å²) < 4.78 is 41.6. The minimum Gasteiger partial charge on any atom is -0.497 e. The van der Waals surface area contributed by atoms with Crippen LogP contribution in [0.2, 0.25) is 10.0 Å². The number of halogens is 2. The fourth-order valence-electron chi connectivity index (χ4n) is 3.49. The molecule has 0 N–H and O–H groups in total. The SMILES string of the molecule is CCOc1cc(/C=C2\SC(=O)N(Cc3c(Cl)cccc3Cl)C2=O)ccc1OS(=O)(=O)c1ccc(OC)cc1. The first-order chi connectivity index (χ1) is 18.1. The van der Waals surface area contributed by atoms with Crippen LogP contribution in [0.5, 0.6) is 17.2 Å². The normalized spacial score (nSPS) is 14.7. The number of benzene rings is 3. The molecular weight excluding hydrogens is 573 g/mol. The summed E-state index contributed by atoms with van der Waals surface area (Å²) in [4.78, 5) is 26.8. The van der Waals surface area contributed by atoms with Crippen molar-refractivity contribution in [1.29, 1.82) is 0 Å². The highest BCUT2D eigenvalue weighted by Gasteiger charge is 2.35. The van der Waals surface area contributed by atoms with E-state index in [1.165, 1.54) is 49.6 Å². The summed E-state index contributed by atoms with van der Waals surface area (Å²) in [5, 5.41) is 0.233. The zero-order valence-corrected chi connectivity index (χ0v) is 23.3. The van der Waals surface area contributed by atoms with Crippen molar-refractivity contribution in [3.63, 3.8) is 0 Å². The zero-order chi connectivity index (χ0) is 27.4. The van der Waals surface area contributed by atoms with Crippen molar-refractivity contribution in [3.05, 3.63) is 86.7 Å². The van der Waals surface area contributed by atoms with Crippen LogP contribution in [-0.2, 0) is 21.5 Å². The van der Waals surface area contributed by atoms with E-state index in [1.807, 2.05) is 0 Å². The quantitative estimate of drug-likeness (QED) is 0.207. The van der Waals surface area contributed by atoms with Gasteiger partial charge in [0.15, 0.2) is 11.5 Å². The number of hydrogen-bond donors (Lipinski definition) is 0. The summed E-state index contributed by atoms with van der Waals surface area (Å²) in [6.07, 6.45) is 1.52. The molecule has 8 nitrogen and oxygen atoms in total. The smallest absolute Gasteiger partial charge is 0.339 e. The molecule has 2 amide bonds. The molecule has 0 radical (unpaired) electrons. The molecule has 0 aliphatic carbocycles. The first kappa shape index (κ1) is 27.8. The number of carbonyl (C=O) groups excluding carboxylic acids is 2. The van der Waals surface area contributed by atoms with Gasteiger partial charge < -0.3 is 13.7 Å². The third-order valence-corrected chi connectivity index (χ3v) is 8.23. The maximum absolute atomic E-state index is 13.0. The largest absolute Gasteiger partial charge is 0.497 e. The maximum atomic E-state index is 13.0. The lowest BCUT2D eigenvalue weighted by Crippen LogP contribution is -2.27. The molecule has 3 aromatic carbocycles. The molecule has 0 unspecified atom stereocenters. The van der Waals surface area contributed by atoms with Crippen molar-refractivity contribution >= 4 is 62.3 Å². The summed E-state index contributed by atoms with van der Waals surface area (Å²) in [5.74, 6) is 0.126. The molecule has 1 aliphatic heterocycles. The second kappa shape index (κ2) is 11.7. The van der Waals surface area contributed by atoms with E-state index in [9.17, 15) is 18.0 Å². The van der Waals surface area contributed by atoms with Gasteiger partial charge in [-0.15, -0.1) is 0 Å². The van der Waals surface area contributed by atoms with Crippen molar-refractivity contribution < 1.29 is 31.7 Å². The molecule has 0 spiro atoms. The van der Waals surface area contributed by atoms with Crippen LogP contribution >= 0.6 is 35.0 Å². The summed E-state index contributed by atoms with van der Waals surface area (Å²) in [6, 6.07) is 15.2. The van der Waals surface area contributed by atoms with Crippen molar-refractivity contribution in [1.82, 2.24) is 4.90 Å². The van der Waals surface area contributed by atoms with Crippen LogP contribution in [0.25, 0.3) is 6.08 Å². The molecule has 38 heavy (non-hydrogen) atoms. The number of methoxy groups -OCH3 is 1. The number of hydrogen-bond acceptors (Lipinski definition) is 8. The Morgan fingerprint density at radius 3 is 2.29 bits per heavy atom. The van der Waals surface area contributed by atoms with Crippen LogP contribution in [0.3, 0.4) is 0 Å². The standard InChI is InChI=1S/C26H21Cl2NO7S2/c1-3-35-23-13-16(7-12-22(23)36-38(32,33)18-10-8-17(34-2)9-11-18)14-24-25(30)29(26(31)37-24)15-19-20(27)5-4-6-21(19)28/h4-14H,3,15H2,1-2H3/b24-14-. The lowest BCUT2D eigenvalue weighted by atomic mass is 10.1. The summed E-state index contributed by atoms with van der Waals surface area (Å²) in [5.41, 5.74) is 0.974. The molecule has 198 valence electrons. The molecule has 0 atom stereocenters. The molecule has 0 saturated carbocycles. The van der Waals surface area contributed by atoms with Crippen LogP contribution in [0.15, 0.2) is 70.5 Å². The Hall–Kier alpha value is -3.18. The Morgan fingerprint density at radius 2 is 1.66 bits per heavy atom. The van der Waals surface area contributed by atoms with Gasteiger partial charge in [0.1, 0.15) is 10.6 Å². The highest BCUT2D eigenvalue weighted by molar-refractivity contribution is 8.18. The van der Waals surface area contributed by atoms with Gasteiger partial charge in [0.25, 0.3) is 11.1 Å². The number of rotatable bonds is 9. The molecule has 0 bridgehead atoms. The van der Waals surface area contributed by atoms with Gasteiger partial charge in [-0.1, -0.05) is 35.3 Å². The third-order valence-electron chi connectivity index (χ3n) is 5.36. The van der Waals surface area contributed by atoms with Crippen LogP contribution in [0, 0.1) is 0 Å². The van der Waals surface area contributed by atoms with Gasteiger partial charge >= 0.3 is 10.1 Å². The molecular formula is C26H21Cl2NO7S2. The minimum absolute atomic E-state index is 0.0266. The van der Waals surface area contributed by atoms with Crippen LogP contribution in [0.4, 0.5) is 4.79 Å². The van der Waals surface area contributed by atoms with Crippen molar-refractivity contribution in [2.24, 2.45) is 0 Å². The van der Waals surface area contributed by atoms with Gasteiger partial charge in [-0.05, 0) is 78.9 Å². The van der Waals surface area contributed by atoms with Crippen molar-refractivity contribution in [2.75, 3.05) is 13.7 Å². The summed E-state index contributed by atoms with van der Waals surface area (Å²) >= 11 is 13.2. The van der Waals surface area contributed by atoms with Gasteiger partial charge in [-0.2, -0.15) is 8.42 Å². The Kier molecular flexibility index (Phi) is 8.57. The lowest BCUT2D eigenvalue weighted by Gasteiger charge is -2.15. The van der Waals surface area contributed by atoms with Gasteiger partial charge in [-0.3, -0.25) is 14.5 Å². The van der Waals surface area contributed by atoms with Gasteiger partial charge in [-0.25, -0.2) is 0 Å². The van der Waals surface area contributed by atoms with E-state index in [-0.39, 0.29) is 34.5 Å². The van der Waals surface area contributed by atoms with E-state index in [4.69, 9.17) is 36.9 Å². The first-order valence-electron chi connectivity index (χ1n) is 11.2. The van der Waals surface area contributed by atoms with E-state index in [1.54, 1.807) is 31.2 Å². The average molecular weight is 594 g/mol. The number of nitrogens with zero attached hydrogens (tertiary/aromatic N) is 1. The van der Waals surface area contributed by atoms with Crippen LogP contribution in [0.1, 0.15) is 18.1 Å². The van der Waals surface area contributed by atoms with Crippen molar-refractivity contribution in [2.45, 2.75) is 18.4 Å². The molecule has 1 aliphatic rings. The highest BCUT2D eigenvalue weighted by atomic mass is 35.5. The van der Waals surface area contributed by atoms with Crippen LogP contribution in [-0.4, -0.2) is 38.2 Å². The predicted octanol–water partition coefficient (Wildman–Crippen LogP) is 6.40. The number of amides is 2. The molecule has 4 rings (SSSR count). The van der Waals surface area contributed by atoms with Gasteiger partial charge in [0, 0.05) is 15.6 Å². The molecule has 1 saturated heterocycles. The van der Waals surface area contributed by atoms with Crippen molar-refractivity contribution in [3.8, 4) is 17.2 Å². The second-order valence-electron chi connectivity index (χ2n) is 7.82. The summed E-state index contributed by atoms with van der Waals surface area (Å²) in [6.45, 7) is 1.90. The Balaban J connectivity index is 1.57. The maximum Gasteiger partial charge on any atom is 0.339 e. The molecule has 12 heteroatoms. The van der Waals surface area contributed by atoms with Gasteiger partial charge in [0.05, 0.1) is 25.2 Å².